The second-order valence-electron chi connectivity index (χ2n) is 8.36. The number of anilines is 2. The van der Waals surface area contributed by atoms with Gasteiger partial charge in [0.05, 0.1) is 4.92 Å². The van der Waals surface area contributed by atoms with Crippen molar-refractivity contribution in [3.05, 3.63) is 81.9 Å². The number of benzene rings is 3. The van der Waals surface area contributed by atoms with E-state index in [2.05, 4.69) is 17.2 Å². The molecular formula is C26H24N4O4. The van der Waals surface area contributed by atoms with Gasteiger partial charge in [-0.25, -0.2) is 4.98 Å². The van der Waals surface area contributed by atoms with Gasteiger partial charge in [-0.1, -0.05) is 13.0 Å². The van der Waals surface area contributed by atoms with Crippen molar-refractivity contribution in [1.82, 2.24) is 4.98 Å². The highest BCUT2D eigenvalue weighted by molar-refractivity contribution is 6.05. The molecule has 1 saturated heterocycles. The summed E-state index contributed by atoms with van der Waals surface area (Å²) in [6.07, 6.45) is 2.95. The van der Waals surface area contributed by atoms with Gasteiger partial charge in [-0.2, -0.15) is 0 Å². The predicted molar refractivity (Wildman–Crippen MR) is 131 cm³/mol. The van der Waals surface area contributed by atoms with Crippen LogP contribution in [0.4, 0.5) is 17.1 Å². The normalized spacial score (nSPS) is 13.4. The number of fused-ring (bicyclic) bond motifs is 1. The molecule has 34 heavy (non-hydrogen) atoms. The summed E-state index contributed by atoms with van der Waals surface area (Å²) in [5.41, 5.74) is 4.85. The smallest absolute Gasteiger partial charge is 0.293 e. The minimum Gasteiger partial charge on any atom is -0.436 e. The first-order chi connectivity index (χ1) is 16.5. The van der Waals surface area contributed by atoms with Crippen LogP contribution in [0, 0.1) is 10.1 Å². The van der Waals surface area contributed by atoms with Crippen molar-refractivity contribution in [3.63, 3.8) is 0 Å². The van der Waals surface area contributed by atoms with Crippen LogP contribution in [-0.2, 0) is 6.42 Å². The third-order valence-corrected chi connectivity index (χ3v) is 6.13. The number of amides is 1. The largest absolute Gasteiger partial charge is 0.436 e. The summed E-state index contributed by atoms with van der Waals surface area (Å²) in [6.45, 7) is 3.67. The van der Waals surface area contributed by atoms with Crippen LogP contribution in [0.3, 0.4) is 0 Å². The molecule has 0 atom stereocenters. The fourth-order valence-electron chi connectivity index (χ4n) is 4.25. The summed E-state index contributed by atoms with van der Waals surface area (Å²) in [7, 11) is 0. The standard InChI is InChI=1S/C26H24N4O4/c1-2-17-5-12-24-21(15-17)28-26(34-24)18-6-9-20(10-7-18)27-25(31)19-8-11-22(23(16-19)30(32)33)29-13-3-4-14-29/h5-12,15-16H,2-4,13-14H2,1H3,(H,27,31). The molecule has 5 rings (SSSR count). The number of carbonyl (C=O) groups excluding carboxylic acids is 1. The Morgan fingerprint density at radius 3 is 2.56 bits per heavy atom. The van der Waals surface area contributed by atoms with E-state index in [4.69, 9.17) is 4.42 Å². The van der Waals surface area contributed by atoms with Gasteiger partial charge in [0.1, 0.15) is 11.2 Å². The second kappa shape index (κ2) is 8.97. The molecule has 0 unspecified atom stereocenters. The van der Waals surface area contributed by atoms with Crippen LogP contribution < -0.4 is 10.2 Å². The summed E-state index contributed by atoms with van der Waals surface area (Å²) in [5, 5.41) is 14.4. The Morgan fingerprint density at radius 1 is 1.09 bits per heavy atom. The summed E-state index contributed by atoms with van der Waals surface area (Å²) < 4.78 is 5.87. The van der Waals surface area contributed by atoms with Gasteiger partial charge in [-0.15, -0.1) is 0 Å². The Kier molecular flexibility index (Phi) is 5.71. The molecule has 0 spiro atoms. The summed E-state index contributed by atoms with van der Waals surface area (Å²) in [6, 6.07) is 17.8. The number of aromatic nitrogens is 1. The van der Waals surface area contributed by atoms with E-state index in [1.807, 2.05) is 35.2 Å². The SMILES string of the molecule is CCc1ccc2oc(-c3ccc(NC(=O)c4ccc(N5CCCC5)c([N+](=O)[O-])c4)cc3)nc2c1. The molecule has 0 radical (unpaired) electrons. The van der Waals surface area contributed by atoms with Gasteiger partial charge in [0.2, 0.25) is 5.89 Å². The first-order valence-electron chi connectivity index (χ1n) is 11.4. The molecule has 0 bridgehead atoms. The Labute approximate surface area is 196 Å². The van der Waals surface area contributed by atoms with Gasteiger partial charge >= 0.3 is 0 Å². The average Bonchev–Trinajstić information content (AvgIpc) is 3.54. The highest BCUT2D eigenvalue weighted by Crippen LogP contribution is 2.32. The van der Waals surface area contributed by atoms with Crippen molar-refractivity contribution in [2.24, 2.45) is 0 Å². The summed E-state index contributed by atoms with van der Waals surface area (Å²) in [5.74, 6) is 0.104. The Bertz CT molecular complexity index is 1370. The molecular weight excluding hydrogens is 432 g/mol. The number of nitro benzene ring substituents is 1. The van der Waals surface area contributed by atoms with E-state index >= 15 is 0 Å². The molecule has 172 valence electrons. The van der Waals surface area contributed by atoms with Crippen LogP contribution in [0.15, 0.2) is 65.1 Å². The average molecular weight is 457 g/mol. The minimum atomic E-state index is -0.428. The number of hydrogen-bond donors (Lipinski definition) is 1. The molecule has 1 N–H and O–H groups in total. The van der Waals surface area contributed by atoms with Crippen LogP contribution in [0.2, 0.25) is 0 Å². The quantitative estimate of drug-likeness (QED) is 0.290. The van der Waals surface area contributed by atoms with Crippen molar-refractivity contribution in [3.8, 4) is 11.5 Å². The van der Waals surface area contributed by atoms with Crippen molar-refractivity contribution in [2.45, 2.75) is 26.2 Å². The predicted octanol–water partition coefficient (Wildman–Crippen LogP) is 5.82. The van der Waals surface area contributed by atoms with E-state index in [1.54, 1.807) is 24.3 Å². The molecule has 0 saturated carbocycles. The molecule has 2 heterocycles. The van der Waals surface area contributed by atoms with E-state index in [0.717, 1.165) is 49.0 Å². The van der Waals surface area contributed by atoms with Crippen LogP contribution in [0.25, 0.3) is 22.6 Å². The number of oxazole rings is 1. The second-order valence-corrected chi connectivity index (χ2v) is 8.36. The monoisotopic (exact) mass is 456 g/mol. The van der Waals surface area contributed by atoms with Crippen molar-refractivity contribution in [2.75, 3.05) is 23.3 Å². The lowest BCUT2D eigenvalue weighted by Crippen LogP contribution is -2.19. The number of rotatable bonds is 6. The first-order valence-corrected chi connectivity index (χ1v) is 11.4. The number of aryl methyl sites for hydroxylation is 1. The van der Waals surface area contributed by atoms with Crippen LogP contribution in [-0.4, -0.2) is 28.9 Å². The molecule has 1 aliphatic heterocycles. The van der Waals surface area contributed by atoms with Gasteiger partial charge in [0.15, 0.2) is 5.58 Å². The molecule has 0 aliphatic carbocycles. The molecule has 1 amide bonds. The lowest BCUT2D eigenvalue weighted by atomic mass is 10.1. The number of nitrogens with one attached hydrogen (secondary N) is 1. The van der Waals surface area contributed by atoms with E-state index < -0.39 is 10.8 Å². The van der Waals surface area contributed by atoms with Crippen molar-refractivity contribution < 1.29 is 14.1 Å². The Hall–Kier alpha value is -4.20. The van der Waals surface area contributed by atoms with Gasteiger partial charge in [0, 0.05) is 36.0 Å². The zero-order valence-electron chi connectivity index (χ0n) is 18.8. The zero-order valence-corrected chi connectivity index (χ0v) is 18.8. The lowest BCUT2D eigenvalue weighted by Gasteiger charge is -2.17. The maximum atomic E-state index is 12.8. The number of nitrogens with zero attached hydrogens (tertiary/aromatic N) is 3. The topological polar surface area (TPSA) is 102 Å². The molecule has 4 aromatic rings. The van der Waals surface area contributed by atoms with Crippen molar-refractivity contribution in [1.29, 1.82) is 0 Å². The molecule has 1 aromatic heterocycles. The molecule has 8 nitrogen and oxygen atoms in total. The minimum absolute atomic E-state index is 0.0490. The first kappa shape index (κ1) is 21.6. The number of hydrogen-bond acceptors (Lipinski definition) is 6. The molecule has 1 fully saturated rings. The van der Waals surface area contributed by atoms with Crippen molar-refractivity contribution >= 4 is 34.1 Å². The Morgan fingerprint density at radius 2 is 1.85 bits per heavy atom. The summed E-state index contributed by atoms with van der Waals surface area (Å²) in [4.78, 5) is 30.5. The van der Waals surface area contributed by atoms with E-state index in [9.17, 15) is 14.9 Å². The summed E-state index contributed by atoms with van der Waals surface area (Å²) >= 11 is 0. The van der Waals surface area contributed by atoms with E-state index in [0.29, 0.717) is 17.3 Å². The molecule has 3 aromatic carbocycles. The van der Waals surface area contributed by atoms with E-state index in [-0.39, 0.29) is 11.3 Å². The third-order valence-electron chi connectivity index (χ3n) is 6.13. The molecule has 1 aliphatic rings. The van der Waals surface area contributed by atoms with Gasteiger partial charge in [0.25, 0.3) is 11.6 Å². The Balaban J connectivity index is 1.33. The van der Waals surface area contributed by atoms with Gasteiger partial charge in [-0.3, -0.25) is 14.9 Å². The highest BCUT2D eigenvalue weighted by atomic mass is 16.6. The zero-order chi connectivity index (χ0) is 23.7. The van der Waals surface area contributed by atoms with Gasteiger partial charge in [-0.05, 0) is 73.4 Å². The van der Waals surface area contributed by atoms with Crippen LogP contribution in [0.1, 0.15) is 35.7 Å². The van der Waals surface area contributed by atoms with Crippen LogP contribution in [0.5, 0.6) is 0 Å². The van der Waals surface area contributed by atoms with Gasteiger partial charge < -0.3 is 14.6 Å². The fourth-order valence-corrected chi connectivity index (χ4v) is 4.25. The molecule has 8 heteroatoms. The maximum absolute atomic E-state index is 12.8. The lowest BCUT2D eigenvalue weighted by molar-refractivity contribution is -0.384. The number of nitro groups is 1. The van der Waals surface area contributed by atoms with E-state index in [1.165, 1.54) is 11.6 Å². The third kappa shape index (κ3) is 4.22. The maximum Gasteiger partial charge on any atom is 0.293 e. The fraction of sp³-hybridized carbons (Fsp3) is 0.231. The number of carbonyl (C=O) groups is 1. The highest BCUT2D eigenvalue weighted by Gasteiger charge is 2.24. The van der Waals surface area contributed by atoms with Crippen LogP contribution >= 0.6 is 0 Å².